The van der Waals surface area contributed by atoms with E-state index in [-0.39, 0.29) is 31.2 Å². The molecule has 0 aliphatic carbocycles. The van der Waals surface area contributed by atoms with Crippen LogP contribution in [0.25, 0.3) is 11.5 Å². The molecule has 1 aliphatic rings. The van der Waals surface area contributed by atoms with Gasteiger partial charge in [-0.2, -0.15) is 8.78 Å². The quantitative estimate of drug-likeness (QED) is 0.347. The molecule has 2 aromatic carbocycles. The molecule has 13 heteroatoms. The van der Waals surface area contributed by atoms with Crippen molar-refractivity contribution in [2.45, 2.75) is 18.1 Å². The van der Waals surface area contributed by atoms with E-state index in [4.69, 9.17) is 9.15 Å². The molecular formula is C26H23F2N5O5S. The number of aromatic nitrogens is 3. The largest absolute Gasteiger partial charge is 0.457 e. The first-order valence-electron chi connectivity index (χ1n) is 11.9. The predicted octanol–water partition coefficient (Wildman–Crippen LogP) is 4.74. The summed E-state index contributed by atoms with van der Waals surface area (Å²) in [6.45, 7) is 0.0596. The van der Waals surface area contributed by atoms with Crippen molar-refractivity contribution >= 4 is 21.6 Å². The Kier molecular flexibility index (Phi) is 7.50. The van der Waals surface area contributed by atoms with Gasteiger partial charge < -0.3 is 19.4 Å². The maximum atomic E-state index is 12.9. The third kappa shape index (κ3) is 6.37. The first kappa shape index (κ1) is 26.2. The first-order chi connectivity index (χ1) is 18.8. The zero-order valence-electron chi connectivity index (χ0n) is 20.4. The number of carbonyl (C=O) groups excluding carboxylic acids is 1. The van der Waals surface area contributed by atoms with Crippen LogP contribution in [0.5, 0.6) is 11.5 Å². The van der Waals surface area contributed by atoms with Crippen LogP contribution in [-0.2, 0) is 16.3 Å². The van der Waals surface area contributed by atoms with Crippen LogP contribution in [-0.4, -0.2) is 58.6 Å². The van der Waals surface area contributed by atoms with Gasteiger partial charge in [0.05, 0.1) is 16.6 Å². The minimum atomic E-state index is -3.47. The summed E-state index contributed by atoms with van der Waals surface area (Å²) >= 11 is 0. The SMILES string of the molecule is O=C(Nc1ccc(Oc2ccccc2)cc1)N1CCS(=O)(=O)C(Cc2ccc(-c3nnc(C(F)F)o3)cn2)C1. The zero-order chi connectivity index (χ0) is 27.4. The highest BCUT2D eigenvalue weighted by molar-refractivity contribution is 7.92. The number of hydrogen-bond acceptors (Lipinski definition) is 8. The van der Waals surface area contributed by atoms with Gasteiger partial charge in [-0.25, -0.2) is 13.2 Å². The number of carbonyl (C=O) groups is 1. The number of urea groups is 1. The molecule has 0 bridgehead atoms. The van der Waals surface area contributed by atoms with Crippen molar-refractivity contribution in [2.24, 2.45) is 0 Å². The third-order valence-electron chi connectivity index (χ3n) is 6.09. The molecule has 10 nitrogen and oxygen atoms in total. The molecule has 0 saturated carbocycles. The molecule has 39 heavy (non-hydrogen) atoms. The Balaban J connectivity index is 1.20. The van der Waals surface area contributed by atoms with Crippen LogP contribution >= 0.6 is 0 Å². The topological polar surface area (TPSA) is 128 Å². The van der Waals surface area contributed by atoms with Crippen molar-refractivity contribution in [1.29, 1.82) is 0 Å². The van der Waals surface area contributed by atoms with E-state index in [0.717, 1.165) is 0 Å². The molecule has 202 valence electrons. The van der Waals surface area contributed by atoms with Crippen LogP contribution in [0.2, 0.25) is 0 Å². The van der Waals surface area contributed by atoms with E-state index in [0.29, 0.717) is 28.4 Å². The van der Waals surface area contributed by atoms with Crippen LogP contribution < -0.4 is 10.1 Å². The predicted molar refractivity (Wildman–Crippen MR) is 137 cm³/mol. The number of para-hydroxylation sites is 1. The van der Waals surface area contributed by atoms with Gasteiger partial charge in [-0.3, -0.25) is 4.98 Å². The second-order valence-corrected chi connectivity index (χ2v) is 11.2. The lowest BCUT2D eigenvalue weighted by atomic mass is 10.1. The van der Waals surface area contributed by atoms with E-state index in [1.165, 1.54) is 17.2 Å². The van der Waals surface area contributed by atoms with Crippen LogP contribution in [0, 0.1) is 0 Å². The maximum absolute atomic E-state index is 12.9. The van der Waals surface area contributed by atoms with Crippen molar-refractivity contribution in [1.82, 2.24) is 20.1 Å². The van der Waals surface area contributed by atoms with Crippen LogP contribution in [0.4, 0.5) is 19.3 Å². The number of rotatable bonds is 7. The highest BCUT2D eigenvalue weighted by Crippen LogP contribution is 2.25. The number of alkyl halides is 2. The number of amides is 2. The second-order valence-electron chi connectivity index (χ2n) is 8.79. The van der Waals surface area contributed by atoms with Gasteiger partial charge in [0.2, 0.25) is 5.89 Å². The van der Waals surface area contributed by atoms with Crippen molar-refractivity contribution in [3.63, 3.8) is 0 Å². The number of sulfone groups is 1. The average Bonchev–Trinajstić information content (AvgIpc) is 3.43. The summed E-state index contributed by atoms with van der Waals surface area (Å²) in [5.41, 5.74) is 1.32. The van der Waals surface area contributed by atoms with Gasteiger partial charge in [0.25, 0.3) is 5.89 Å². The fourth-order valence-electron chi connectivity index (χ4n) is 4.01. The van der Waals surface area contributed by atoms with Gasteiger partial charge in [0, 0.05) is 37.1 Å². The average molecular weight is 556 g/mol. The number of benzene rings is 2. The van der Waals surface area contributed by atoms with Crippen LogP contribution in [0.1, 0.15) is 18.0 Å². The van der Waals surface area contributed by atoms with Crippen molar-refractivity contribution in [2.75, 3.05) is 24.2 Å². The van der Waals surface area contributed by atoms with Crippen LogP contribution in [0.15, 0.2) is 77.3 Å². The van der Waals surface area contributed by atoms with Gasteiger partial charge in [-0.15, -0.1) is 10.2 Å². The number of hydrogen-bond donors (Lipinski definition) is 1. The summed E-state index contributed by atoms with van der Waals surface area (Å²) in [5.74, 6) is 0.213. The monoisotopic (exact) mass is 555 g/mol. The number of ether oxygens (including phenoxy) is 1. The minimum Gasteiger partial charge on any atom is -0.457 e. The van der Waals surface area contributed by atoms with Gasteiger partial charge in [-0.05, 0) is 48.5 Å². The smallest absolute Gasteiger partial charge is 0.321 e. The summed E-state index contributed by atoms with van der Waals surface area (Å²) in [7, 11) is -3.47. The number of nitrogens with one attached hydrogen (secondary N) is 1. The molecule has 1 unspecified atom stereocenters. The molecule has 1 atom stereocenters. The Morgan fingerprint density at radius 2 is 1.79 bits per heavy atom. The number of pyridine rings is 1. The Morgan fingerprint density at radius 3 is 2.46 bits per heavy atom. The molecule has 0 spiro atoms. The molecule has 3 heterocycles. The zero-order valence-corrected chi connectivity index (χ0v) is 21.2. The maximum Gasteiger partial charge on any atom is 0.321 e. The summed E-state index contributed by atoms with van der Waals surface area (Å²) in [4.78, 5) is 18.6. The van der Waals surface area contributed by atoms with Crippen molar-refractivity contribution < 1.29 is 31.1 Å². The van der Waals surface area contributed by atoms with Gasteiger partial charge in [-0.1, -0.05) is 18.2 Å². The molecule has 1 saturated heterocycles. The lowest BCUT2D eigenvalue weighted by molar-refractivity contribution is 0.116. The van der Waals surface area contributed by atoms with Crippen molar-refractivity contribution in [3.05, 3.63) is 84.5 Å². The molecular weight excluding hydrogens is 532 g/mol. The summed E-state index contributed by atoms with van der Waals surface area (Å²) < 4.78 is 61.5. The van der Waals surface area contributed by atoms with Crippen LogP contribution in [0.3, 0.4) is 0 Å². The summed E-state index contributed by atoms with van der Waals surface area (Å²) in [6.07, 6.45) is -1.46. The lowest BCUT2D eigenvalue weighted by Gasteiger charge is -2.32. The van der Waals surface area contributed by atoms with Gasteiger partial charge >= 0.3 is 12.5 Å². The van der Waals surface area contributed by atoms with E-state index in [2.05, 4.69) is 20.5 Å². The number of halogens is 2. The minimum absolute atomic E-state index is 0.00575. The third-order valence-corrected chi connectivity index (χ3v) is 8.17. The summed E-state index contributed by atoms with van der Waals surface area (Å²) in [6, 6.07) is 18.8. The molecule has 1 fully saturated rings. The first-order valence-corrected chi connectivity index (χ1v) is 13.7. The highest BCUT2D eigenvalue weighted by Gasteiger charge is 2.35. The molecule has 2 aromatic heterocycles. The molecule has 2 amide bonds. The lowest BCUT2D eigenvalue weighted by Crippen LogP contribution is -2.51. The Bertz CT molecular complexity index is 1530. The molecule has 5 rings (SSSR count). The highest BCUT2D eigenvalue weighted by atomic mass is 32.2. The second kappa shape index (κ2) is 11.2. The molecule has 1 N–H and O–H groups in total. The Labute approximate surface area is 222 Å². The fraction of sp³-hybridized carbons (Fsp3) is 0.231. The van der Waals surface area contributed by atoms with E-state index in [1.807, 2.05) is 30.3 Å². The molecule has 4 aromatic rings. The molecule has 0 radical (unpaired) electrons. The fourth-order valence-corrected chi connectivity index (χ4v) is 5.65. The summed E-state index contributed by atoms with van der Waals surface area (Å²) in [5, 5.41) is 8.79. The number of nitrogens with zero attached hydrogens (tertiary/aromatic N) is 4. The standard InChI is InChI=1S/C26H23F2N5O5S/c27-23(28)25-32-31-24(38-25)17-6-7-19(29-15-17)14-22-16-33(12-13-39(22,35)36)26(34)30-18-8-10-21(11-9-18)37-20-4-2-1-3-5-20/h1-11,15,22-23H,12-14,16H2,(H,30,34). The van der Waals surface area contributed by atoms with E-state index in [9.17, 15) is 22.0 Å². The van der Waals surface area contributed by atoms with E-state index < -0.39 is 33.4 Å². The van der Waals surface area contributed by atoms with E-state index >= 15 is 0 Å². The Morgan fingerprint density at radius 1 is 1.05 bits per heavy atom. The Hall–Kier alpha value is -4.39. The number of anilines is 1. The van der Waals surface area contributed by atoms with Gasteiger partial charge in [0.1, 0.15) is 11.5 Å². The van der Waals surface area contributed by atoms with Gasteiger partial charge in [0.15, 0.2) is 9.84 Å². The van der Waals surface area contributed by atoms with Crippen molar-refractivity contribution in [3.8, 4) is 23.0 Å². The molecule has 1 aliphatic heterocycles. The normalized spacial score (nSPS) is 16.7. The van der Waals surface area contributed by atoms with E-state index in [1.54, 1.807) is 30.3 Å².